The molecule has 1 heterocycles. The number of aliphatic carboxylic acids is 3. The molecule has 0 aromatic carbocycles. The highest BCUT2D eigenvalue weighted by atomic mass is 16.4. The van der Waals surface area contributed by atoms with Crippen LogP contribution >= 0.6 is 0 Å². The molecule has 0 saturated carbocycles. The molecule has 0 spiro atoms. The van der Waals surface area contributed by atoms with E-state index in [-0.39, 0.29) is 25.8 Å². The lowest BCUT2D eigenvalue weighted by atomic mass is 10.1. The van der Waals surface area contributed by atoms with Crippen molar-refractivity contribution in [2.45, 2.75) is 50.2 Å². The molecule has 1 aliphatic rings. The predicted octanol–water partition coefficient (Wildman–Crippen LogP) is -2.67. The lowest BCUT2D eigenvalue weighted by Gasteiger charge is -2.28. The first-order valence-corrected chi connectivity index (χ1v) is 8.82. The zero-order valence-corrected chi connectivity index (χ0v) is 15.5. The van der Waals surface area contributed by atoms with Crippen molar-refractivity contribution in [2.75, 3.05) is 13.1 Å². The first-order valence-electron chi connectivity index (χ1n) is 8.82. The lowest BCUT2D eigenvalue weighted by molar-refractivity contribution is -0.144. The van der Waals surface area contributed by atoms with Gasteiger partial charge in [-0.3, -0.25) is 28.8 Å². The highest BCUT2D eigenvalue weighted by Gasteiger charge is 2.37. The van der Waals surface area contributed by atoms with Crippen molar-refractivity contribution < 1.29 is 44.1 Å². The summed E-state index contributed by atoms with van der Waals surface area (Å²) < 4.78 is 0. The summed E-state index contributed by atoms with van der Waals surface area (Å²) in [5.41, 5.74) is 5.71. The molecule has 1 saturated heterocycles. The Hall–Kier alpha value is -3.22. The third-order valence-corrected chi connectivity index (χ3v) is 4.25. The third kappa shape index (κ3) is 7.73. The number of likely N-dealkylation sites (tertiary alicyclic amines) is 1. The smallest absolute Gasteiger partial charge is 0.322 e. The maximum absolute atomic E-state index is 12.6. The number of carboxylic acid groups (broad SMARTS) is 3. The van der Waals surface area contributed by atoms with E-state index in [1.165, 1.54) is 4.90 Å². The van der Waals surface area contributed by atoms with Crippen LogP contribution in [0.25, 0.3) is 0 Å². The minimum absolute atomic E-state index is 0.113. The van der Waals surface area contributed by atoms with Gasteiger partial charge in [0.25, 0.3) is 0 Å². The molecule has 1 rings (SSSR count). The van der Waals surface area contributed by atoms with Gasteiger partial charge in [-0.05, 0) is 19.3 Å². The Morgan fingerprint density at radius 1 is 1.03 bits per heavy atom. The van der Waals surface area contributed by atoms with Gasteiger partial charge in [0.2, 0.25) is 17.7 Å². The average molecular weight is 416 g/mol. The summed E-state index contributed by atoms with van der Waals surface area (Å²) in [4.78, 5) is 70.3. The van der Waals surface area contributed by atoms with Crippen molar-refractivity contribution in [1.29, 1.82) is 0 Å². The van der Waals surface area contributed by atoms with Crippen LogP contribution in [0.3, 0.4) is 0 Å². The normalized spacial score (nSPS) is 17.8. The fourth-order valence-corrected chi connectivity index (χ4v) is 2.86. The molecule has 1 fully saturated rings. The second-order valence-electron chi connectivity index (χ2n) is 6.50. The SMILES string of the molecule is N[C@@H](CCC(=O)O)C(=O)N1CCC[C@H]1C(=O)N[C@@H](CC(=O)O)C(=O)NCC(=O)O. The van der Waals surface area contributed by atoms with Crippen LogP contribution in [0.15, 0.2) is 0 Å². The monoisotopic (exact) mass is 416 g/mol. The first kappa shape index (κ1) is 23.8. The number of hydrogen-bond donors (Lipinski definition) is 6. The largest absolute Gasteiger partial charge is 0.481 e. The molecule has 13 nitrogen and oxygen atoms in total. The lowest BCUT2D eigenvalue weighted by Crippen LogP contribution is -2.55. The van der Waals surface area contributed by atoms with E-state index in [2.05, 4.69) is 5.32 Å². The molecule has 0 aromatic heterocycles. The molecule has 3 atom stereocenters. The molecular weight excluding hydrogens is 392 g/mol. The van der Waals surface area contributed by atoms with Crippen LogP contribution in [-0.2, 0) is 28.8 Å². The van der Waals surface area contributed by atoms with Crippen molar-refractivity contribution >= 4 is 35.6 Å². The molecule has 0 aromatic rings. The van der Waals surface area contributed by atoms with Crippen LogP contribution in [0.4, 0.5) is 0 Å². The molecule has 0 unspecified atom stereocenters. The third-order valence-electron chi connectivity index (χ3n) is 4.25. The number of carbonyl (C=O) groups excluding carboxylic acids is 3. The van der Waals surface area contributed by atoms with Crippen LogP contribution in [-0.4, -0.2) is 87.1 Å². The number of amides is 3. The molecule has 29 heavy (non-hydrogen) atoms. The molecule has 1 aliphatic heterocycles. The molecule has 7 N–H and O–H groups in total. The van der Waals surface area contributed by atoms with E-state index in [1.54, 1.807) is 0 Å². The standard InChI is InChI=1S/C16H24N4O9/c17-8(3-4-11(21)22)16(29)20-5-1-2-10(20)15(28)19-9(6-12(23)24)14(27)18-7-13(25)26/h8-10H,1-7,17H2,(H,18,27)(H,19,28)(H,21,22)(H,23,24)(H,25,26)/t8-,9-,10-/m0/s1. The van der Waals surface area contributed by atoms with Gasteiger partial charge in [0.15, 0.2) is 0 Å². The second kappa shape index (κ2) is 10.9. The van der Waals surface area contributed by atoms with Gasteiger partial charge in [-0.2, -0.15) is 0 Å². The summed E-state index contributed by atoms with van der Waals surface area (Å²) >= 11 is 0. The van der Waals surface area contributed by atoms with Gasteiger partial charge in [-0.15, -0.1) is 0 Å². The Kier molecular flexibility index (Phi) is 8.99. The Bertz CT molecular complexity index is 681. The number of nitrogens with one attached hydrogen (secondary N) is 2. The number of carbonyl (C=O) groups is 6. The number of carboxylic acids is 3. The first-order chi connectivity index (χ1) is 13.5. The van der Waals surface area contributed by atoms with Gasteiger partial charge in [-0.25, -0.2) is 0 Å². The number of hydrogen-bond acceptors (Lipinski definition) is 7. The van der Waals surface area contributed by atoms with Crippen molar-refractivity contribution in [3.63, 3.8) is 0 Å². The number of rotatable bonds is 11. The summed E-state index contributed by atoms with van der Waals surface area (Å²) in [5.74, 6) is -6.24. The van der Waals surface area contributed by atoms with Crippen LogP contribution in [0.2, 0.25) is 0 Å². The second-order valence-corrected chi connectivity index (χ2v) is 6.50. The van der Waals surface area contributed by atoms with Crippen LogP contribution in [0, 0.1) is 0 Å². The molecule has 162 valence electrons. The van der Waals surface area contributed by atoms with E-state index < -0.39 is 66.7 Å². The Morgan fingerprint density at radius 2 is 1.69 bits per heavy atom. The van der Waals surface area contributed by atoms with E-state index >= 15 is 0 Å². The summed E-state index contributed by atoms with van der Waals surface area (Å²) in [7, 11) is 0. The zero-order valence-electron chi connectivity index (χ0n) is 15.5. The molecule has 0 bridgehead atoms. The van der Waals surface area contributed by atoms with Gasteiger partial charge < -0.3 is 36.6 Å². The minimum Gasteiger partial charge on any atom is -0.481 e. The fraction of sp³-hybridized carbons (Fsp3) is 0.625. The van der Waals surface area contributed by atoms with Gasteiger partial charge in [-0.1, -0.05) is 0 Å². The van der Waals surface area contributed by atoms with Gasteiger partial charge in [0.05, 0.1) is 12.5 Å². The van der Waals surface area contributed by atoms with Gasteiger partial charge in [0, 0.05) is 13.0 Å². The van der Waals surface area contributed by atoms with E-state index in [0.29, 0.717) is 6.42 Å². The molecule has 13 heteroatoms. The summed E-state index contributed by atoms with van der Waals surface area (Å²) in [6.45, 7) is -0.552. The number of nitrogens with two attached hydrogens (primary N) is 1. The maximum atomic E-state index is 12.6. The Morgan fingerprint density at radius 3 is 2.24 bits per heavy atom. The highest BCUT2D eigenvalue weighted by molar-refractivity contribution is 5.95. The number of nitrogens with zero attached hydrogens (tertiary/aromatic N) is 1. The minimum atomic E-state index is -1.53. The summed E-state index contributed by atoms with van der Waals surface area (Å²) in [6.07, 6.45) is -0.500. The van der Waals surface area contributed by atoms with Crippen molar-refractivity contribution in [2.24, 2.45) is 5.73 Å². The quantitative estimate of drug-likeness (QED) is 0.205. The average Bonchev–Trinajstić information content (AvgIpc) is 3.12. The fourth-order valence-electron chi connectivity index (χ4n) is 2.86. The van der Waals surface area contributed by atoms with Crippen molar-refractivity contribution in [3.8, 4) is 0 Å². The van der Waals surface area contributed by atoms with Gasteiger partial charge >= 0.3 is 17.9 Å². The maximum Gasteiger partial charge on any atom is 0.322 e. The summed E-state index contributed by atoms with van der Waals surface area (Å²) in [5, 5.41) is 30.4. The topological polar surface area (TPSA) is 216 Å². The van der Waals surface area contributed by atoms with Crippen molar-refractivity contribution in [1.82, 2.24) is 15.5 Å². The van der Waals surface area contributed by atoms with Crippen LogP contribution < -0.4 is 16.4 Å². The molecular formula is C16H24N4O9. The van der Waals surface area contributed by atoms with E-state index in [4.69, 9.17) is 21.1 Å². The molecule has 0 aliphatic carbocycles. The molecule has 0 radical (unpaired) electrons. The van der Waals surface area contributed by atoms with Crippen LogP contribution in [0.1, 0.15) is 32.1 Å². The van der Waals surface area contributed by atoms with Crippen LogP contribution in [0.5, 0.6) is 0 Å². The predicted molar refractivity (Wildman–Crippen MR) is 94.4 cm³/mol. The van der Waals surface area contributed by atoms with E-state index in [9.17, 15) is 28.8 Å². The van der Waals surface area contributed by atoms with Gasteiger partial charge in [0.1, 0.15) is 18.6 Å². The van der Waals surface area contributed by atoms with E-state index in [0.717, 1.165) is 0 Å². The molecule has 3 amide bonds. The Labute approximate surface area is 165 Å². The Balaban J connectivity index is 2.80. The summed E-state index contributed by atoms with van der Waals surface area (Å²) in [6, 6.07) is -3.65. The van der Waals surface area contributed by atoms with Crippen molar-refractivity contribution in [3.05, 3.63) is 0 Å². The highest BCUT2D eigenvalue weighted by Crippen LogP contribution is 2.19. The zero-order chi connectivity index (χ0) is 22.1. The van der Waals surface area contributed by atoms with E-state index in [1.807, 2.05) is 5.32 Å².